The third-order valence-electron chi connectivity index (χ3n) is 7.25. The number of carboxylic acid groups (broad SMARTS) is 1. The van der Waals surface area contributed by atoms with Crippen molar-refractivity contribution in [1.29, 1.82) is 0 Å². The molecule has 5 rings (SSSR count). The second-order valence-corrected chi connectivity index (χ2v) is 13.0. The maximum absolute atomic E-state index is 13.4. The van der Waals surface area contributed by atoms with Crippen molar-refractivity contribution in [3.05, 3.63) is 118 Å². The minimum Gasteiger partial charge on any atom is -0.478 e. The number of amides is 3. The molecule has 0 fully saturated rings. The van der Waals surface area contributed by atoms with Gasteiger partial charge in [-0.05, 0) is 74.2 Å². The number of thiophene rings is 1. The molecule has 4 aromatic carbocycles. The molecule has 5 aromatic rings. The minimum atomic E-state index is -1.13. The van der Waals surface area contributed by atoms with Crippen LogP contribution in [0.2, 0.25) is 0 Å². The fraction of sp³-hybridized carbons (Fsp3) is 0.139. The first-order valence-electron chi connectivity index (χ1n) is 14.9. The molecule has 244 valence electrons. The summed E-state index contributed by atoms with van der Waals surface area (Å²) < 4.78 is 5.23. The van der Waals surface area contributed by atoms with Crippen molar-refractivity contribution in [1.82, 2.24) is 0 Å². The second kappa shape index (κ2) is 15.0. The molecule has 0 saturated heterocycles. The van der Waals surface area contributed by atoms with Crippen molar-refractivity contribution in [2.45, 2.75) is 30.9 Å². The van der Waals surface area contributed by atoms with Gasteiger partial charge in [0.1, 0.15) is 5.00 Å². The lowest BCUT2D eigenvalue weighted by molar-refractivity contribution is -0.115. The summed E-state index contributed by atoms with van der Waals surface area (Å²) in [4.78, 5) is 65.5. The van der Waals surface area contributed by atoms with Crippen LogP contribution >= 0.6 is 23.1 Å². The van der Waals surface area contributed by atoms with Gasteiger partial charge in [0, 0.05) is 27.2 Å². The number of ether oxygens (including phenoxy) is 1. The number of esters is 1. The van der Waals surface area contributed by atoms with Crippen LogP contribution in [0.3, 0.4) is 0 Å². The van der Waals surface area contributed by atoms with Gasteiger partial charge in [0.15, 0.2) is 0 Å². The number of benzene rings is 4. The highest BCUT2D eigenvalue weighted by molar-refractivity contribution is 8.00. The smallest absolute Gasteiger partial charge is 0.341 e. The van der Waals surface area contributed by atoms with E-state index in [2.05, 4.69) is 16.0 Å². The summed E-state index contributed by atoms with van der Waals surface area (Å²) >= 11 is 2.22. The monoisotopic (exact) mass is 681 g/mol. The van der Waals surface area contributed by atoms with Gasteiger partial charge >= 0.3 is 11.9 Å². The van der Waals surface area contributed by atoms with Crippen molar-refractivity contribution in [3.63, 3.8) is 0 Å². The molecule has 0 saturated carbocycles. The molecule has 0 radical (unpaired) electrons. The van der Waals surface area contributed by atoms with Crippen molar-refractivity contribution in [3.8, 4) is 0 Å². The number of carbonyl (C=O) groups excluding carboxylic acids is 4. The van der Waals surface area contributed by atoms with Gasteiger partial charge in [-0.3, -0.25) is 14.4 Å². The Balaban J connectivity index is 1.32. The first-order valence-corrected chi connectivity index (χ1v) is 16.6. The predicted molar refractivity (Wildman–Crippen MR) is 189 cm³/mol. The van der Waals surface area contributed by atoms with E-state index in [1.165, 1.54) is 17.8 Å². The van der Waals surface area contributed by atoms with E-state index in [0.29, 0.717) is 32.6 Å². The molecule has 0 spiro atoms. The van der Waals surface area contributed by atoms with E-state index in [0.717, 1.165) is 11.3 Å². The summed E-state index contributed by atoms with van der Waals surface area (Å²) in [6, 6.07) is 25.7. The molecular formula is C36H31N3O7S2. The number of fused-ring (bicyclic) bond motifs is 1. The molecule has 0 aliphatic heterocycles. The lowest BCUT2D eigenvalue weighted by Crippen LogP contribution is -2.23. The number of nitrogens with one attached hydrogen (secondary N) is 3. The standard InChI is InChI=1S/C36H31N3O7S2/c1-4-46-36(45)28-20(2)30(33(42)37-23-13-6-5-7-14-23)48-34(28)39-31(40)21(3)47-25-16-10-15-24(19-25)38-32(41)26-17-8-11-22-12-9-18-27(29(22)26)35(43)44/h5-19,21H,4H2,1-3H3,(H,37,42)(H,38,41)(H,39,40)(H,43,44). The van der Waals surface area contributed by atoms with Gasteiger partial charge in [-0.2, -0.15) is 0 Å². The first kappa shape index (κ1) is 33.9. The van der Waals surface area contributed by atoms with Crippen LogP contribution in [-0.4, -0.2) is 46.6 Å². The largest absolute Gasteiger partial charge is 0.478 e. The van der Waals surface area contributed by atoms with Crippen LogP contribution in [0.5, 0.6) is 0 Å². The maximum atomic E-state index is 13.4. The number of carboxylic acids is 1. The second-order valence-electron chi connectivity index (χ2n) is 10.5. The number of carbonyl (C=O) groups is 5. The van der Waals surface area contributed by atoms with Crippen LogP contribution in [-0.2, 0) is 9.53 Å². The molecule has 12 heteroatoms. The Hall–Kier alpha value is -5.46. The third-order valence-corrected chi connectivity index (χ3v) is 9.55. The highest BCUT2D eigenvalue weighted by Crippen LogP contribution is 2.36. The van der Waals surface area contributed by atoms with E-state index in [1.807, 2.05) is 6.07 Å². The fourth-order valence-electron chi connectivity index (χ4n) is 5.00. The molecule has 0 aliphatic rings. The summed E-state index contributed by atoms with van der Waals surface area (Å²) in [5.41, 5.74) is 1.80. The SMILES string of the molecule is CCOC(=O)c1c(NC(=O)C(C)Sc2cccc(NC(=O)c3cccc4cccc(C(=O)O)c34)c2)sc(C(=O)Nc2ccccc2)c1C. The summed E-state index contributed by atoms with van der Waals surface area (Å²) in [7, 11) is 0. The zero-order chi connectivity index (χ0) is 34.4. The van der Waals surface area contributed by atoms with E-state index in [1.54, 1.807) is 99.6 Å². The van der Waals surface area contributed by atoms with E-state index < -0.39 is 34.9 Å². The number of hydrogen-bond donors (Lipinski definition) is 4. The average Bonchev–Trinajstić information content (AvgIpc) is 3.40. The van der Waals surface area contributed by atoms with E-state index >= 15 is 0 Å². The Labute approximate surface area is 284 Å². The molecule has 1 atom stereocenters. The number of para-hydroxylation sites is 1. The van der Waals surface area contributed by atoms with Crippen LogP contribution in [0.4, 0.5) is 16.4 Å². The molecule has 3 amide bonds. The molecule has 0 aliphatic carbocycles. The molecule has 1 unspecified atom stereocenters. The Kier molecular flexibility index (Phi) is 10.6. The fourth-order valence-corrected chi connectivity index (χ4v) is 7.02. The molecule has 1 aromatic heterocycles. The van der Waals surface area contributed by atoms with Gasteiger partial charge in [0.05, 0.1) is 27.9 Å². The van der Waals surface area contributed by atoms with Crippen molar-refractivity contribution in [2.75, 3.05) is 22.6 Å². The highest BCUT2D eigenvalue weighted by Gasteiger charge is 2.28. The Bertz CT molecular complexity index is 2040. The average molecular weight is 682 g/mol. The molecule has 10 nitrogen and oxygen atoms in total. The molecule has 4 N–H and O–H groups in total. The molecule has 48 heavy (non-hydrogen) atoms. The normalized spacial score (nSPS) is 11.4. The summed E-state index contributed by atoms with van der Waals surface area (Å²) in [5.74, 6) is -3.09. The Morgan fingerprint density at radius 1 is 0.812 bits per heavy atom. The topological polar surface area (TPSA) is 151 Å². The Morgan fingerprint density at radius 3 is 2.15 bits per heavy atom. The lowest BCUT2D eigenvalue weighted by Gasteiger charge is -2.14. The van der Waals surface area contributed by atoms with Crippen LogP contribution < -0.4 is 16.0 Å². The van der Waals surface area contributed by atoms with Gasteiger partial charge in [0.25, 0.3) is 11.8 Å². The molecule has 1 heterocycles. The van der Waals surface area contributed by atoms with Gasteiger partial charge in [-0.15, -0.1) is 23.1 Å². The van der Waals surface area contributed by atoms with Gasteiger partial charge < -0.3 is 25.8 Å². The van der Waals surface area contributed by atoms with Crippen LogP contribution in [0, 0.1) is 6.92 Å². The summed E-state index contributed by atoms with van der Waals surface area (Å²) in [6.07, 6.45) is 0. The number of anilines is 3. The zero-order valence-electron chi connectivity index (χ0n) is 26.2. The number of hydrogen-bond acceptors (Lipinski definition) is 8. The van der Waals surface area contributed by atoms with Crippen molar-refractivity contribution in [2.24, 2.45) is 0 Å². The lowest BCUT2D eigenvalue weighted by atomic mass is 9.98. The van der Waals surface area contributed by atoms with Crippen LogP contribution in [0.25, 0.3) is 10.8 Å². The minimum absolute atomic E-state index is 0.0263. The van der Waals surface area contributed by atoms with Gasteiger partial charge in [-0.25, -0.2) is 9.59 Å². The van der Waals surface area contributed by atoms with Gasteiger partial charge in [-0.1, -0.05) is 48.5 Å². The van der Waals surface area contributed by atoms with Crippen LogP contribution in [0.1, 0.15) is 60.2 Å². The maximum Gasteiger partial charge on any atom is 0.341 e. The van der Waals surface area contributed by atoms with Crippen LogP contribution in [0.15, 0.2) is 95.9 Å². The van der Waals surface area contributed by atoms with Crippen molar-refractivity contribution >= 4 is 79.9 Å². The first-order chi connectivity index (χ1) is 23.1. The predicted octanol–water partition coefficient (Wildman–Crippen LogP) is 7.71. The third kappa shape index (κ3) is 7.56. The Morgan fingerprint density at radius 2 is 1.46 bits per heavy atom. The number of thioether (sulfide) groups is 1. The summed E-state index contributed by atoms with van der Waals surface area (Å²) in [5, 5.41) is 18.7. The number of aromatic carboxylic acids is 1. The van der Waals surface area contributed by atoms with Gasteiger partial charge in [0.2, 0.25) is 5.91 Å². The summed E-state index contributed by atoms with van der Waals surface area (Å²) in [6.45, 7) is 5.12. The zero-order valence-corrected chi connectivity index (χ0v) is 27.8. The quantitative estimate of drug-likeness (QED) is 0.0818. The molecular weight excluding hydrogens is 651 g/mol. The number of rotatable bonds is 11. The van der Waals surface area contributed by atoms with E-state index in [9.17, 15) is 29.1 Å². The van der Waals surface area contributed by atoms with E-state index in [4.69, 9.17) is 4.74 Å². The van der Waals surface area contributed by atoms with E-state index in [-0.39, 0.29) is 33.2 Å². The van der Waals surface area contributed by atoms with Crippen molar-refractivity contribution < 1.29 is 33.8 Å². The highest BCUT2D eigenvalue weighted by atomic mass is 32.2. The molecule has 0 bridgehead atoms.